The maximum absolute atomic E-state index is 12.3. The van der Waals surface area contributed by atoms with Crippen molar-refractivity contribution in [2.75, 3.05) is 46.9 Å². The van der Waals surface area contributed by atoms with Crippen LogP contribution < -0.4 is 10.1 Å². The number of ether oxygens (including phenoxy) is 1. The molecule has 1 aromatic rings. The van der Waals surface area contributed by atoms with Crippen LogP contribution in [0.3, 0.4) is 0 Å². The average Bonchev–Trinajstić information content (AvgIpc) is 2.68. The van der Waals surface area contributed by atoms with Crippen LogP contribution in [0.4, 0.5) is 4.79 Å². The second-order valence-electron chi connectivity index (χ2n) is 6.84. The first kappa shape index (κ1) is 29.5. The zero-order chi connectivity index (χ0) is 24.5. The van der Waals surface area contributed by atoms with Gasteiger partial charge in [-0.15, -0.1) is 0 Å². The monoisotopic (exact) mass is 491 g/mol. The van der Waals surface area contributed by atoms with Gasteiger partial charge in [0.1, 0.15) is 12.4 Å². The Balaban J connectivity index is 0.00000102. The van der Waals surface area contributed by atoms with Crippen molar-refractivity contribution in [1.29, 1.82) is 0 Å². The lowest BCUT2D eigenvalue weighted by atomic mass is 10.3. The number of benzene rings is 1. The molecule has 0 aliphatic heterocycles. The third-order valence-electron chi connectivity index (χ3n) is 3.74. The summed E-state index contributed by atoms with van der Waals surface area (Å²) in [5.74, 6) is -1.91. The molecule has 0 spiro atoms. The largest absolute Gasteiger partial charge is 0.492 e. The molecule has 0 unspecified atom stereocenters. The minimum atomic E-state index is -1.26. The van der Waals surface area contributed by atoms with E-state index in [1.807, 2.05) is 19.0 Å². The van der Waals surface area contributed by atoms with Crippen molar-refractivity contribution in [2.45, 2.75) is 19.8 Å². The van der Waals surface area contributed by atoms with Crippen molar-refractivity contribution in [3.8, 4) is 5.75 Å². The van der Waals surface area contributed by atoms with Gasteiger partial charge < -0.3 is 30.1 Å². The van der Waals surface area contributed by atoms with Gasteiger partial charge in [-0.2, -0.15) is 0 Å². The van der Waals surface area contributed by atoms with Crippen LogP contribution in [0.5, 0.6) is 5.75 Å². The Morgan fingerprint density at radius 1 is 1.00 bits per heavy atom. The molecule has 0 heterocycles. The van der Waals surface area contributed by atoms with Gasteiger partial charge in [-0.3, -0.25) is 0 Å². The summed E-state index contributed by atoms with van der Waals surface area (Å²) in [5, 5.41) is 19.6. The Kier molecular flexibility index (Phi) is 15.8. The number of halogens is 2. The number of nitrogens with one attached hydrogen (secondary N) is 1. The van der Waals surface area contributed by atoms with Gasteiger partial charge in [0.05, 0.1) is 6.54 Å². The van der Waals surface area contributed by atoms with Crippen molar-refractivity contribution in [3.63, 3.8) is 0 Å². The molecule has 0 aliphatic rings. The molecule has 180 valence electrons. The van der Waals surface area contributed by atoms with Crippen LogP contribution in [-0.4, -0.2) is 84.9 Å². The fourth-order valence-corrected chi connectivity index (χ4v) is 2.70. The van der Waals surface area contributed by atoms with Crippen LogP contribution >= 0.6 is 23.2 Å². The van der Waals surface area contributed by atoms with Gasteiger partial charge >= 0.3 is 18.0 Å². The highest BCUT2D eigenvalue weighted by molar-refractivity contribution is 6.34. The first-order valence-electron chi connectivity index (χ1n) is 9.95. The third-order valence-corrected chi connectivity index (χ3v) is 4.17. The summed E-state index contributed by atoms with van der Waals surface area (Å²) in [6.07, 6.45) is 3.11. The SMILES string of the molecule is CCCCN(CCOc1cc(Cl)cc(Cl)c1)C(=O)NCCN(C)C.O=C(O)/C=C\C(=O)O. The van der Waals surface area contributed by atoms with Gasteiger partial charge in [0.15, 0.2) is 0 Å². The summed E-state index contributed by atoms with van der Waals surface area (Å²) in [6, 6.07) is 5.02. The van der Waals surface area contributed by atoms with E-state index < -0.39 is 11.9 Å². The lowest BCUT2D eigenvalue weighted by molar-refractivity contribution is -0.134. The summed E-state index contributed by atoms with van der Waals surface area (Å²) >= 11 is 11.9. The minimum Gasteiger partial charge on any atom is -0.492 e. The topological polar surface area (TPSA) is 119 Å². The highest BCUT2D eigenvalue weighted by atomic mass is 35.5. The fraction of sp³-hybridized carbons (Fsp3) is 0.476. The predicted octanol–water partition coefficient (Wildman–Crippen LogP) is 3.46. The van der Waals surface area contributed by atoms with E-state index in [4.69, 9.17) is 38.2 Å². The fourth-order valence-electron chi connectivity index (χ4n) is 2.19. The van der Waals surface area contributed by atoms with E-state index in [0.29, 0.717) is 54.2 Å². The normalized spacial score (nSPS) is 10.4. The summed E-state index contributed by atoms with van der Waals surface area (Å²) in [4.78, 5) is 35.2. The molecule has 0 bridgehead atoms. The molecule has 3 N–H and O–H groups in total. The van der Waals surface area contributed by atoms with E-state index in [1.54, 1.807) is 23.1 Å². The number of likely N-dealkylation sites (N-methyl/N-ethyl adjacent to an activating group) is 1. The maximum Gasteiger partial charge on any atom is 0.328 e. The number of unbranched alkanes of at least 4 members (excludes halogenated alkanes) is 1. The molecule has 0 fully saturated rings. The Labute approximate surface area is 198 Å². The standard InChI is InChI=1S/C17H27Cl2N3O2.C4H4O4/c1-4-5-7-22(17(23)20-6-8-21(2)3)9-10-24-16-12-14(18)11-15(19)13-16;5-3(6)1-2-4(7)8/h11-13H,4-10H2,1-3H3,(H,20,23);1-2H,(H,5,6)(H,7,8)/b;2-1-. The van der Waals surface area contributed by atoms with Crippen LogP contribution in [0.25, 0.3) is 0 Å². The molecule has 0 saturated carbocycles. The summed E-state index contributed by atoms with van der Waals surface area (Å²) in [5.41, 5.74) is 0. The quantitative estimate of drug-likeness (QED) is 0.383. The van der Waals surface area contributed by atoms with E-state index in [-0.39, 0.29) is 6.03 Å². The molecule has 0 saturated heterocycles. The van der Waals surface area contributed by atoms with E-state index >= 15 is 0 Å². The van der Waals surface area contributed by atoms with Crippen LogP contribution in [0, 0.1) is 0 Å². The second-order valence-corrected chi connectivity index (χ2v) is 7.71. The third kappa shape index (κ3) is 16.2. The highest BCUT2D eigenvalue weighted by Crippen LogP contribution is 2.24. The van der Waals surface area contributed by atoms with Gasteiger partial charge in [-0.05, 0) is 38.7 Å². The first-order chi connectivity index (χ1) is 15.0. The molecular weight excluding hydrogens is 461 g/mol. The molecule has 9 nitrogen and oxygen atoms in total. The van der Waals surface area contributed by atoms with Crippen molar-refractivity contribution in [1.82, 2.24) is 15.1 Å². The lowest BCUT2D eigenvalue weighted by Crippen LogP contribution is -2.44. The lowest BCUT2D eigenvalue weighted by Gasteiger charge is -2.23. The second kappa shape index (κ2) is 17.1. The van der Waals surface area contributed by atoms with Crippen molar-refractivity contribution in [2.24, 2.45) is 0 Å². The molecule has 0 atom stereocenters. The predicted molar refractivity (Wildman–Crippen MR) is 125 cm³/mol. The van der Waals surface area contributed by atoms with Crippen LogP contribution in [0.1, 0.15) is 19.8 Å². The maximum atomic E-state index is 12.3. The van der Waals surface area contributed by atoms with E-state index in [1.165, 1.54) is 0 Å². The summed E-state index contributed by atoms with van der Waals surface area (Å²) < 4.78 is 5.67. The molecule has 0 radical (unpaired) electrons. The molecule has 11 heteroatoms. The molecule has 2 amide bonds. The number of carboxylic acids is 2. The molecule has 1 rings (SSSR count). The highest BCUT2D eigenvalue weighted by Gasteiger charge is 2.12. The zero-order valence-corrected chi connectivity index (χ0v) is 20.0. The molecule has 1 aromatic carbocycles. The summed E-state index contributed by atoms with van der Waals surface area (Å²) in [7, 11) is 3.95. The number of amides is 2. The van der Waals surface area contributed by atoms with E-state index in [0.717, 1.165) is 19.4 Å². The summed E-state index contributed by atoms with van der Waals surface area (Å²) in [6.45, 7) is 5.15. The molecular formula is C21H31Cl2N3O6. The number of carbonyl (C=O) groups is 3. The number of aliphatic carboxylic acids is 2. The number of urea groups is 1. The first-order valence-corrected chi connectivity index (χ1v) is 10.7. The van der Waals surface area contributed by atoms with Gasteiger partial charge in [-0.1, -0.05) is 36.5 Å². The minimum absolute atomic E-state index is 0.0574. The van der Waals surface area contributed by atoms with Gasteiger partial charge in [0.2, 0.25) is 0 Å². The van der Waals surface area contributed by atoms with E-state index in [9.17, 15) is 14.4 Å². The van der Waals surface area contributed by atoms with Crippen molar-refractivity contribution in [3.05, 3.63) is 40.4 Å². The Morgan fingerprint density at radius 2 is 1.56 bits per heavy atom. The van der Waals surface area contributed by atoms with Gasteiger partial charge in [0, 0.05) is 41.8 Å². The Hall–Kier alpha value is -2.49. The zero-order valence-electron chi connectivity index (χ0n) is 18.5. The Bertz CT molecular complexity index is 723. The number of hydrogen-bond acceptors (Lipinski definition) is 5. The van der Waals surface area contributed by atoms with E-state index in [2.05, 4.69) is 12.2 Å². The smallest absolute Gasteiger partial charge is 0.328 e. The van der Waals surface area contributed by atoms with Crippen LogP contribution in [0.15, 0.2) is 30.4 Å². The number of rotatable bonds is 12. The van der Waals surface area contributed by atoms with Crippen LogP contribution in [0.2, 0.25) is 10.0 Å². The molecule has 32 heavy (non-hydrogen) atoms. The Morgan fingerprint density at radius 3 is 2.03 bits per heavy atom. The number of hydrogen-bond donors (Lipinski definition) is 3. The molecule has 0 aromatic heterocycles. The molecule has 0 aliphatic carbocycles. The number of nitrogens with zero attached hydrogens (tertiary/aromatic N) is 2. The van der Waals surface area contributed by atoms with Gasteiger partial charge in [-0.25, -0.2) is 14.4 Å². The average molecular weight is 492 g/mol. The van der Waals surface area contributed by atoms with Crippen molar-refractivity contribution < 1.29 is 29.3 Å². The van der Waals surface area contributed by atoms with Crippen molar-refractivity contribution >= 4 is 41.2 Å². The van der Waals surface area contributed by atoms with Crippen LogP contribution in [-0.2, 0) is 9.59 Å². The number of carboxylic acid groups (broad SMARTS) is 2. The van der Waals surface area contributed by atoms with Gasteiger partial charge in [0.25, 0.3) is 0 Å². The number of carbonyl (C=O) groups excluding carboxylic acids is 1.